The summed E-state index contributed by atoms with van der Waals surface area (Å²) in [5.41, 5.74) is 4.59. The van der Waals surface area contributed by atoms with Crippen molar-refractivity contribution in [3.8, 4) is 0 Å². The van der Waals surface area contributed by atoms with Crippen LogP contribution in [0.3, 0.4) is 0 Å². The van der Waals surface area contributed by atoms with E-state index in [0.717, 1.165) is 49.0 Å². The number of ether oxygens (including phenoxy) is 1. The number of rotatable bonds is 1. The average Bonchev–Trinajstić information content (AvgIpc) is 3.12. The van der Waals surface area contributed by atoms with Gasteiger partial charge in [-0.2, -0.15) is 0 Å². The van der Waals surface area contributed by atoms with Gasteiger partial charge in [-0.05, 0) is 62.2 Å². The minimum atomic E-state index is -0.144. The SMILES string of the molecule is CC(=O)O[C@H]1CC[C@@]2(C)C(=CC[C@H]3[C@H]4Cc5onc(C)c5[C@@]4(C)CC[C@@H]32)C1. The lowest BCUT2D eigenvalue weighted by Crippen LogP contribution is -2.51. The largest absolute Gasteiger partial charge is 0.462 e. The van der Waals surface area contributed by atoms with Gasteiger partial charge in [0.25, 0.3) is 0 Å². The standard InChI is InChI=1S/C23H31NO3/c1-13-21-20(27-24-13)12-19-17-6-5-15-11-16(26-14(2)25)7-9-22(15,3)18(17)8-10-23(19,21)4/h5,16-19H,6-12H2,1-4H3/t16-,17+,18-,19+,22-,23-/m0/s1. The van der Waals surface area contributed by atoms with Crippen LogP contribution in [0.1, 0.15) is 76.3 Å². The first kappa shape index (κ1) is 17.5. The van der Waals surface area contributed by atoms with E-state index in [2.05, 4.69) is 32.0 Å². The molecule has 0 amide bonds. The van der Waals surface area contributed by atoms with Gasteiger partial charge in [-0.1, -0.05) is 30.7 Å². The highest BCUT2D eigenvalue weighted by atomic mass is 16.5. The predicted octanol–water partition coefficient (Wildman–Crippen LogP) is 4.89. The molecular formula is C23H31NO3. The zero-order valence-corrected chi connectivity index (χ0v) is 17.0. The number of hydrogen-bond acceptors (Lipinski definition) is 4. The van der Waals surface area contributed by atoms with Crippen molar-refractivity contribution in [2.45, 2.75) is 84.2 Å². The van der Waals surface area contributed by atoms with E-state index >= 15 is 0 Å². The molecular weight excluding hydrogens is 338 g/mol. The minimum absolute atomic E-state index is 0.0800. The van der Waals surface area contributed by atoms with Crippen LogP contribution in [0.4, 0.5) is 0 Å². The first-order valence-electron chi connectivity index (χ1n) is 10.7. The van der Waals surface area contributed by atoms with Crippen LogP contribution in [-0.4, -0.2) is 17.2 Å². The lowest BCUT2D eigenvalue weighted by atomic mass is 9.47. The number of allylic oxidation sites excluding steroid dienone is 1. The molecule has 4 aliphatic rings. The molecule has 4 aliphatic carbocycles. The van der Waals surface area contributed by atoms with Gasteiger partial charge in [0.15, 0.2) is 0 Å². The molecule has 0 spiro atoms. The van der Waals surface area contributed by atoms with E-state index in [0.29, 0.717) is 5.92 Å². The molecule has 0 aliphatic heterocycles. The van der Waals surface area contributed by atoms with E-state index in [-0.39, 0.29) is 22.9 Å². The Morgan fingerprint density at radius 1 is 1.19 bits per heavy atom. The Morgan fingerprint density at radius 2 is 1.96 bits per heavy atom. The number of aryl methyl sites for hydroxylation is 1. The number of esters is 1. The van der Waals surface area contributed by atoms with Gasteiger partial charge in [0, 0.05) is 30.7 Å². The minimum Gasteiger partial charge on any atom is -0.462 e. The Kier molecular flexibility index (Phi) is 3.71. The first-order chi connectivity index (χ1) is 12.8. The van der Waals surface area contributed by atoms with E-state index in [9.17, 15) is 4.79 Å². The number of carbonyl (C=O) groups is 1. The van der Waals surface area contributed by atoms with Crippen molar-refractivity contribution in [1.29, 1.82) is 0 Å². The predicted molar refractivity (Wildman–Crippen MR) is 102 cm³/mol. The molecule has 0 bridgehead atoms. The van der Waals surface area contributed by atoms with E-state index < -0.39 is 0 Å². The van der Waals surface area contributed by atoms with Crippen LogP contribution in [-0.2, 0) is 21.4 Å². The molecule has 4 nitrogen and oxygen atoms in total. The third kappa shape index (κ3) is 2.34. The maximum atomic E-state index is 11.4. The number of hydrogen-bond donors (Lipinski definition) is 0. The molecule has 0 radical (unpaired) electrons. The highest BCUT2D eigenvalue weighted by Gasteiger charge is 2.59. The summed E-state index contributed by atoms with van der Waals surface area (Å²) in [4.78, 5) is 11.4. The summed E-state index contributed by atoms with van der Waals surface area (Å²) in [6.45, 7) is 8.59. The average molecular weight is 370 g/mol. The lowest BCUT2D eigenvalue weighted by molar-refractivity contribution is -0.148. The maximum absolute atomic E-state index is 11.4. The van der Waals surface area contributed by atoms with Crippen LogP contribution in [0.2, 0.25) is 0 Å². The van der Waals surface area contributed by atoms with Crippen LogP contribution in [0.5, 0.6) is 0 Å². The zero-order valence-electron chi connectivity index (χ0n) is 17.0. The fourth-order valence-corrected chi connectivity index (χ4v) is 7.46. The molecule has 0 saturated heterocycles. The molecule has 6 atom stereocenters. The smallest absolute Gasteiger partial charge is 0.302 e. The molecule has 2 fully saturated rings. The highest BCUT2D eigenvalue weighted by Crippen LogP contribution is 2.64. The van der Waals surface area contributed by atoms with Crippen molar-refractivity contribution in [2.75, 3.05) is 0 Å². The lowest BCUT2D eigenvalue weighted by Gasteiger charge is -2.57. The highest BCUT2D eigenvalue weighted by molar-refractivity contribution is 5.66. The molecule has 1 heterocycles. The molecule has 27 heavy (non-hydrogen) atoms. The number of aromatic nitrogens is 1. The summed E-state index contributed by atoms with van der Waals surface area (Å²) in [5.74, 6) is 3.15. The number of carbonyl (C=O) groups excluding carboxylic acids is 1. The summed E-state index contributed by atoms with van der Waals surface area (Å²) < 4.78 is 11.3. The molecule has 0 unspecified atom stereocenters. The monoisotopic (exact) mass is 369 g/mol. The molecule has 1 aromatic rings. The quantitative estimate of drug-likeness (QED) is 0.522. The molecule has 0 N–H and O–H groups in total. The maximum Gasteiger partial charge on any atom is 0.302 e. The summed E-state index contributed by atoms with van der Waals surface area (Å²) in [7, 11) is 0. The third-order valence-electron chi connectivity index (χ3n) is 8.69. The molecule has 146 valence electrons. The van der Waals surface area contributed by atoms with Crippen molar-refractivity contribution in [3.63, 3.8) is 0 Å². The van der Waals surface area contributed by atoms with Crippen molar-refractivity contribution < 1.29 is 14.1 Å². The molecule has 2 saturated carbocycles. The van der Waals surface area contributed by atoms with Crippen LogP contribution < -0.4 is 0 Å². The van der Waals surface area contributed by atoms with Crippen molar-refractivity contribution in [2.24, 2.45) is 23.2 Å². The fourth-order valence-electron chi connectivity index (χ4n) is 7.46. The molecule has 4 heteroatoms. The summed E-state index contributed by atoms with van der Waals surface area (Å²) in [5, 5.41) is 4.26. The molecule has 5 rings (SSSR count). The van der Waals surface area contributed by atoms with Gasteiger partial charge in [0.2, 0.25) is 0 Å². The van der Waals surface area contributed by atoms with E-state index in [1.54, 1.807) is 5.57 Å². The van der Waals surface area contributed by atoms with E-state index in [4.69, 9.17) is 9.26 Å². The van der Waals surface area contributed by atoms with E-state index in [1.165, 1.54) is 31.7 Å². The van der Waals surface area contributed by atoms with Crippen molar-refractivity contribution >= 4 is 5.97 Å². The van der Waals surface area contributed by atoms with Gasteiger partial charge in [-0.15, -0.1) is 0 Å². The number of fused-ring (bicyclic) bond motifs is 7. The Hall–Kier alpha value is -1.58. The summed E-state index contributed by atoms with van der Waals surface area (Å²) in [6.07, 6.45) is 10.4. The van der Waals surface area contributed by atoms with Crippen molar-refractivity contribution in [3.05, 3.63) is 28.7 Å². The fraction of sp³-hybridized carbons (Fsp3) is 0.739. The Labute approximate surface area is 161 Å². The van der Waals surface area contributed by atoms with Crippen LogP contribution in [0.25, 0.3) is 0 Å². The second-order valence-corrected chi connectivity index (χ2v) is 9.96. The Bertz CT molecular complexity index is 824. The van der Waals surface area contributed by atoms with Gasteiger partial charge >= 0.3 is 5.97 Å². The normalized spacial score (nSPS) is 42.4. The molecule has 0 aromatic carbocycles. The zero-order chi connectivity index (χ0) is 19.0. The van der Waals surface area contributed by atoms with Crippen molar-refractivity contribution in [1.82, 2.24) is 5.16 Å². The van der Waals surface area contributed by atoms with Gasteiger partial charge in [0.05, 0.1) is 5.69 Å². The third-order valence-corrected chi connectivity index (χ3v) is 8.69. The summed E-state index contributed by atoms with van der Waals surface area (Å²) in [6, 6.07) is 0. The topological polar surface area (TPSA) is 52.3 Å². The Morgan fingerprint density at radius 3 is 2.74 bits per heavy atom. The van der Waals surface area contributed by atoms with Gasteiger partial charge in [0.1, 0.15) is 11.9 Å². The van der Waals surface area contributed by atoms with Gasteiger partial charge in [-0.3, -0.25) is 4.79 Å². The molecule has 1 aromatic heterocycles. The van der Waals surface area contributed by atoms with Crippen LogP contribution in [0, 0.1) is 30.1 Å². The Balaban J connectivity index is 1.45. The second-order valence-electron chi connectivity index (χ2n) is 9.96. The second kappa shape index (κ2) is 5.71. The summed E-state index contributed by atoms with van der Waals surface area (Å²) >= 11 is 0. The number of nitrogens with zero attached hydrogens (tertiary/aromatic N) is 1. The van der Waals surface area contributed by atoms with Gasteiger partial charge in [-0.25, -0.2) is 0 Å². The van der Waals surface area contributed by atoms with Gasteiger partial charge < -0.3 is 9.26 Å². The van der Waals surface area contributed by atoms with Crippen LogP contribution >= 0.6 is 0 Å². The van der Waals surface area contributed by atoms with Crippen LogP contribution in [0.15, 0.2) is 16.2 Å². The van der Waals surface area contributed by atoms with E-state index in [1.807, 2.05) is 0 Å². The first-order valence-corrected chi connectivity index (χ1v) is 10.7.